The van der Waals surface area contributed by atoms with Crippen LogP contribution in [0.25, 0.3) is 0 Å². The van der Waals surface area contributed by atoms with Crippen molar-refractivity contribution in [3.05, 3.63) is 11.3 Å². The average Bonchev–Trinajstić information content (AvgIpc) is 1.98. The highest BCUT2D eigenvalue weighted by atomic mass is 16.5. The fourth-order valence-electron chi connectivity index (χ4n) is 0.966. The molecule has 2 nitrogen and oxygen atoms in total. The summed E-state index contributed by atoms with van der Waals surface area (Å²) in [5.74, 6) is 1.39. The largest absolute Gasteiger partial charge is 0.480 e. The van der Waals surface area contributed by atoms with Crippen LogP contribution in [0.15, 0.2) is 11.3 Å². The summed E-state index contributed by atoms with van der Waals surface area (Å²) in [4.78, 5) is 0. The standard InChI is InChI=1S/C7H13NO/c1-4-5(2)7(8)9-6(4)3/h5,7H,8H2,1-3H3. The summed E-state index contributed by atoms with van der Waals surface area (Å²) in [5.41, 5.74) is 6.88. The van der Waals surface area contributed by atoms with E-state index >= 15 is 0 Å². The van der Waals surface area contributed by atoms with Gasteiger partial charge in [-0.3, -0.25) is 5.73 Å². The summed E-state index contributed by atoms with van der Waals surface area (Å²) in [5, 5.41) is 0. The second-order valence-electron chi connectivity index (χ2n) is 2.61. The van der Waals surface area contributed by atoms with Gasteiger partial charge in [0.25, 0.3) is 0 Å². The molecule has 52 valence electrons. The van der Waals surface area contributed by atoms with Crippen LogP contribution < -0.4 is 5.73 Å². The van der Waals surface area contributed by atoms with Crippen LogP contribution in [0.2, 0.25) is 0 Å². The number of hydrogen-bond donors (Lipinski definition) is 1. The maximum absolute atomic E-state index is 5.60. The number of nitrogens with two attached hydrogens (primary N) is 1. The number of hydrogen-bond acceptors (Lipinski definition) is 2. The second-order valence-corrected chi connectivity index (χ2v) is 2.61. The minimum Gasteiger partial charge on any atom is -0.480 e. The Kier molecular flexibility index (Phi) is 1.49. The first-order valence-corrected chi connectivity index (χ1v) is 3.22. The lowest BCUT2D eigenvalue weighted by Gasteiger charge is -2.09. The zero-order valence-electron chi connectivity index (χ0n) is 6.14. The van der Waals surface area contributed by atoms with Gasteiger partial charge in [0.2, 0.25) is 0 Å². The Morgan fingerprint density at radius 3 is 2.11 bits per heavy atom. The third-order valence-electron chi connectivity index (χ3n) is 2.04. The summed E-state index contributed by atoms with van der Waals surface area (Å²) >= 11 is 0. The van der Waals surface area contributed by atoms with E-state index < -0.39 is 0 Å². The van der Waals surface area contributed by atoms with Crippen molar-refractivity contribution in [2.24, 2.45) is 11.7 Å². The minimum absolute atomic E-state index is 0.106. The highest BCUT2D eigenvalue weighted by molar-refractivity contribution is 5.13. The molecule has 0 saturated heterocycles. The minimum atomic E-state index is -0.106. The summed E-state index contributed by atoms with van der Waals surface area (Å²) in [6.45, 7) is 6.10. The van der Waals surface area contributed by atoms with Crippen LogP contribution >= 0.6 is 0 Å². The molecule has 0 aliphatic carbocycles. The van der Waals surface area contributed by atoms with Gasteiger partial charge in [-0.15, -0.1) is 0 Å². The summed E-state index contributed by atoms with van der Waals surface area (Å²) < 4.78 is 5.24. The van der Waals surface area contributed by atoms with Crippen molar-refractivity contribution in [1.82, 2.24) is 0 Å². The molecule has 2 N–H and O–H groups in total. The SMILES string of the molecule is CC1=C(C)C(C)C(N)O1. The van der Waals surface area contributed by atoms with Crippen molar-refractivity contribution in [3.8, 4) is 0 Å². The zero-order chi connectivity index (χ0) is 7.02. The molecule has 1 rings (SSSR count). The molecule has 2 unspecified atom stereocenters. The van der Waals surface area contributed by atoms with Crippen LogP contribution in [0.5, 0.6) is 0 Å². The first-order chi connectivity index (χ1) is 4.13. The molecule has 0 radical (unpaired) electrons. The van der Waals surface area contributed by atoms with E-state index in [-0.39, 0.29) is 6.23 Å². The van der Waals surface area contributed by atoms with Crippen molar-refractivity contribution in [1.29, 1.82) is 0 Å². The van der Waals surface area contributed by atoms with Crippen molar-refractivity contribution in [3.63, 3.8) is 0 Å². The van der Waals surface area contributed by atoms with Gasteiger partial charge in [-0.2, -0.15) is 0 Å². The van der Waals surface area contributed by atoms with Crippen LogP contribution in [-0.2, 0) is 4.74 Å². The Labute approximate surface area is 55.7 Å². The van der Waals surface area contributed by atoms with Crippen molar-refractivity contribution < 1.29 is 4.74 Å². The molecule has 2 heteroatoms. The molecule has 0 saturated carbocycles. The van der Waals surface area contributed by atoms with Crippen LogP contribution in [-0.4, -0.2) is 6.23 Å². The molecule has 9 heavy (non-hydrogen) atoms. The van der Waals surface area contributed by atoms with Gasteiger partial charge in [-0.1, -0.05) is 6.92 Å². The smallest absolute Gasteiger partial charge is 0.153 e. The Morgan fingerprint density at radius 2 is 2.00 bits per heavy atom. The molecule has 1 aliphatic heterocycles. The second kappa shape index (κ2) is 2.03. The quantitative estimate of drug-likeness (QED) is 0.531. The Bertz CT molecular complexity index is 151. The maximum Gasteiger partial charge on any atom is 0.153 e. The Morgan fingerprint density at radius 1 is 1.44 bits per heavy atom. The lowest BCUT2D eigenvalue weighted by molar-refractivity contribution is 0.124. The fraction of sp³-hybridized carbons (Fsp3) is 0.714. The van der Waals surface area contributed by atoms with Gasteiger partial charge in [-0.25, -0.2) is 0 Å². The molecule has 0 bridgehead atoms. The highest BCUT2D eigenvalue weighted by Crippen LogP contribution is 2.26. The van der Waals surface area contributed by atoms with Gasteiger partial charge in [0.15, 0.2) is 6.23 Å². The van der Waals surface area contributed by atoms with Gasteiger partial charge in [0.05, 0.1) is 5.76 Å². The first kappa shape index (κ1) is 6.62. The molecule has 0 aromatic heterocycles. The molecule has 1 heterocycles. The molecule has 2 atom stereocenters. The van der Waals surface area contributed by atoms with Gasteiger partial charge in [0, 0.05) is 5.92 Å². The first-order valence-electron chi connectivity index (χ1n) is 3.22. The molecule has 0 aromatic rings. The highest BCUT2D eigenvalue weighted by Gasteiger charge is 2.24. The molecule has 1 aliphatic rings. The summed E-state index contributed by atoms with van der Waals surface area (Å²) in [6.07, 6.45) is -0.106. The van der Waals surface area contributed by atoms with Crippen LogP contribution in [0.1, 0.15) is 20.8 Å². The maximum atomic E-state index is 5.60. The van der Waals surface area contributed by atoms with Gasteiger partial charge >= 0.3 is 0 Å². The van der Waals surface area contributed by atoms with E-state index in [1.807, 2.05) is 6.92 Å². The monoisotopic (exact) mass is 127 g/mol. The Balaban J connectivity index is 2.74. The van der Waals surface area contributed by atoms with Crippen molar-refractivity contribution >= 4 is 0 Å². The van der Waals surface area contributed by atoms with E-state index in [1.54, 1.807) is 0 Å². The van der Waals surface area contributed by atoms with Crippen LogP contribution in [0.3, 0.4) is 0 Å². The van der Waals surface area contributed by atoms with Gasteiger partial charge < -0.3 is 4.74 Å². The van der Waals surface area contributed by atoms with E-state index in [0.717, 1.165) is 5.76 Å². The fourth-order valence-corrected chi connectivity index (χ4v) is 0.966. The van der Waals surface area contributed by atoms with Crippen molar-refractivity contribution in [2.45, 2.75) is 27.0 Å². The normalized spacial score (nSPS) is 35.1. The van der Waals surface area contributed by atoms with Crippen LogP contribution in [0, 0.1) is 5.92 Å². The number of rotatable bonds is 0. The predicted molar refractivity (Wildman–Crippen MR) is 36.6 cm³/mol. The van der Waals surface area contributed by atoms with Gasteiger partial charge in [-0.05, 0) is 19.4 Å². The summed E-state index contributed by atoms with van der Waals surface area (Å²) in [7, 11) is 0. The zero-order valence-corrected chi connectivity index (χ0v) is 6.14. The van der Waals surface area contributed by atoms with Crippen LogP contribution in [0.4, 0.5) is 0 Å². The van der Waals surface area contributed by atoms with E-state index in [1.165, 1.54) is 5.57 Å². The van der Waals surface area contributed by atoms with E-state index in [2.05, 4.69) is 13.8 Å². The molecular formula is C7H13NO. The summed E-state index contributed by atoms with van der Waals surface area (Å²) in [6, 6.07) is 0. The molecular weight excluding hydrogens is 114 g/mol. The predicted octanol–water partition coefficient (Wildman–Crippen LogP) is 1.23. The van der Waals surface area contributed by atoms with E-state index in [9.17, 15) is 0 Å². The topological polar surface area (TPSA) is 35.2 Å². The third-order valence-corrected chi connectivity index (χ3v) is 2.04. The molecule has 0 amide bonds. The molecule has 0 fully saturated rings. The lowest BCUT2D eigenvalue weighted by Crippen LogP contribution is -2.25. The van der Waals surface area contributed by atoms with Crippen molar-refractivity contribution in [2.75, 3.05) is 0 Å². The third kappa shape index (κ3) is 0.944. The molecule has 0 aromatic carbocycles. The number of ether oxygens (including phenoxy) is 1. The van der Waals surface area contributed by atoms with E-state index in [4.69, 9.17) is 10.5 Å². The van der Waals surface area contributed by atoms with E-state index in [0.29, 0.717) is 5.92 Å². The number of allylic oxidation sites excluding steroid dienone is 1. The van der Waals surface area contributed by atoms with Gasteiger partial charge in [0.1, 0.15) is 0 Å². The average molecular weight is 127 g/mol. The molecule has 0 spiro atoms. The lowest BCUT2D eigenvalue weighted by atomic mass is 10.0. The Hall–Kier alpha value is -0.500.